The van der Waals surface area contributed by atoms with Crippen molar-refractivity contribution in [2.24, 2.45) is 0 Å². The summed E-state index contributed by atoms with van der Waals surface area (Å²) in [7, 11) is 0. The highest BCUT2D eigenvalue weighted by Crippen LogP contribution is 2.28. The highest BCUT2D eigenvalue weighted by molar-refractivity contribution is 7.80. The monoisotopic (exact) mass is 376 g/mol. The van der Waals surface area contributed by atoms with Gasteiger partial charge >= 0.3 is 5.97 Å². The number of Topliss-reactive ketones (excluding diaryl/α,β-unsaturated/α-hetero) is 1. The second-order valence-corrected chi connectivity index (χ2v) is 6.22. The summed E-state index contributed by atoms with van der Waals surface area (Å²) in [5.41, 5.74) is 1.06. The van der Waals surface area contributed by atoms with Crippen molar-refractivity contribution in [1.82, 2.24) is 10.2 Å². The lowest BCUT2D eigenvalue weighted by atomic mass is 10.0. The number of amides is 1. The Bertz CT molecular complexity index is 1060. The quantitative estimate of drug-likeness (QED) is 0.285. The van der Waals surface area contributed by atoms with Gasteiger partial charge in [0.2, 0.25) is 5.78 Å². The first kappa shape index (κ1) is 16.9. The molecule has 1 N–H and O–H groups in total. The minimum Gasteiger partial charge on any atom is -0.422 e. The van der Waals surface area contributed by atoms with Gasteiger partial charge in [0.05, 0.1) is 5.56 Å². The fourth-order valence-corrected chi connectivity index (χ4v) is 3.00. The highest BCUT2D eigenvalue weighted by atomic mass is 32.1. The van der Waals surface area contributed by atoms with Gasteiger partial charge in [-0.05, 0) is 36.0 Å². The molecule has 7 heteroatoms. The second-order valence-electron chi connectivity index (χ2n) is 5.83. The number of thiocarbonyl (C=S) groups is 1. The summed E-state index contributed by atoms with van der Waals surface area (Å²) in [5.74, 6) is -1.61. The van der Waals surface area contributed by atoms with Crippen molar-refractivity contribution in [2.45, 2.75) is 0 Å². The van der Waals surface area contributed by atoms with E-state index in [1.54, 1.807) is 24.3 Å². The van der Waals surface area contributed by atoms with Gasteiger partial charge in [-0.15, -0.1) is 0 Å². The van der Waals surface area contributed by atoms with E-state index in [1.165, 1.54) is 6.07 Å². The van der Waals surface area contributed by atoms with Crippen LogP contribution in [0.3, 0.4) is 0 Å². The van der Waals surface area contributed by atoms with Crippen LogP contribution in [0.15, 0.2) is 72.1 Å². The molecule has 0 radical (unpaired) electrons. The summed E-state index contributed by atoms with van der Waals surface area (Å²) in [6, 6.07) is 15.7. The summed E-state index contributed by atoms with van der Waals surface area (Å²) in [6.45, 7) is 0. The van der Waals surface area contributed by atoms with Crippen LogP contribution in [0.4, 0.5) is 0 Å². The van der Waals surface area contributed by atoms with Crippen LogP contribution in [-0.2, 0) is 9.59 Å². The average molecular weight is 376 g/mol. The van der Waals surface area contributed by atoms with Crippen molar-refractivity contribution in [2.75, 3.05) is 0 Å². The van der Waals surface area contributed by atoms with Gasteiger partial charge < -0.3 is 10.1 Å². The zero-order chi connectivity index (χ0) is 19.0. The zero-order valence-corrected chi connectivity index (χ0v) is 14.7. The van der Waals surface area contributed by atoms with Gasteiger partial charge in [-0.1, -0.05) is 42.5 Å². The first-order valence-electron chi connectivity index (χ1n) is 8.03. The molecule has 2 aromatic carbocycles. The zero-order valence-electron chi connectivity index (χ0n) is 13.8. The number of hydrogen-bond donors (Lipinski definition) is 1. The molecule has 4 rings (SSSR count). The number of benzene rings is 2. The summed E-state index contributed by atoms with van der Waals surface area (Å²) in [6.07, 6.45) is 2.77. The molecule has 0 bridgehead atoms. The van der Waals surface area contributed by atoms with Crippen LogP contribution in [0.5, 0.6) is 5.75 Å². The third kappa shape index (κ3) is 3.04. The first-order chi connectivity index (χ1) is 13.0. The maximum atomic E-state index is 12.7. The van der Waals surface area contributed by atoms with Crippen LogP contribution in [0.1, 0.15) is 15.9 Å². The van der Waals surface area contributed by atoms with E-state index in [-0.39, 0.29) is 27.7 Å². The van der Waals surface area contributed by atoms with Gasteiger partial charge in [0, 0.05) is 6.20 Å². The van der Waals surface area contributed by atoms with E-state index >= 15 is 0 Å². The predicted molar refractivity (Wildman–Crippen MR) is 101 cm³/mol. The number of esters is 1. The van der Waals surface area contributed by atoms with E-state index in [0.717, 1.165) is 16.7 Å². The third-order valence-corrected chi connectivity index (χ3v) is 4.38. The first-order valence-corrected chi connectivity index (χ1v) is 8.44. The Kier molecular flexibility index (Phi) is 4.13. The molecule has 0 saturated carbocycles. The lowest BCUT2D eigenvalue weighted by Gasteiger charge is -2.18. The van der Waals surface area contributed by atoms with Gasteiger partial charge in [-0.2, -0.15) is 0 Å². The molecule has 1 amide bonds. The van der Waals surface area contributed by atoms with Crippen molar-refractivity contribution >= 4 is 41.1 Å². The largest absolute Gasteiger partial charge is 0.422 e. The van der Waals surface area contributed by atoms with Crippen LogP contribution < -0.4 is 10.1 Å². The number of nitrogens with zero attached hydrogens (tertiary/aromatic N) is 1. The summed E-state index contributed by atoms with van der Waals surface area (Å²) >= 11 is 5.18. The van der Waals surface area contributed by atoms with Gasteiger partial charge in [0.15, 0.2) is 5.11 Å². The molecule has 0 unspecified atom stereocenters. The third-order valence-electron chi connectivity index (χ3n) is 4.08. The van der Waals surface area contributed by atoms with E-state index in [0.29, 0.717) is 0 Å². The fourth-order valence-electron chi connectivity index (χ4n) is 2.76. The molecule has 0 aromatic heterocycles. The number of para-hydroxylation sites is 1. The molecule has 2 aliphatic rings. The maximum Gasteiger partial charge on any atom is 0.349 e. The minimum absolute atomic E-state index is 0.0779. The maximum absolute atomic E-state index is 12.7. The molecular formula is C20H12N2O4S. The van der Waals surface area contributed by atoms with Crippen molar-refractivity contribution < 1.29 is 19.1 Å². The van der Waals surface area contributed by atoms with Crippen LogP contribution in [0.2, 0.25) is 0 Å². The van der Waals surface area contributed by atoms with Crippen molar-refractivity contribution in [3.05, 3.63) is 83.2 Å². The average Bonchev–Trinajstić information content (AvgIpc) is 2.93. The lowest BCUT2D eigenvalue weighted by molar-refractivity contribution is -0.130. The molecule has 0 spiro atoms. The predicted octanol–water partition coefficient (Wildman–Crippen LogP) is 2.43. The molecule has 27 heavy (non-hydrogen) atoms. The highest BCUT2D eigenvalue weighted by Gasteiger charge is 2.35. The number of rotatable bonds is 2. The lowest BCUT2D eigenvalue weighted by Crippen LogP contribution is -2.31. The number of nitrogens with one attached hydrogen (secondary N) is 1. The number of ketones is 1. The number of fused-ring (bicyclic) bond motifs is 1. The number of hydrogen-bond acceptors (Lipinski definition) is 5. The van der Waals surface area contributed by atoms with Crippen molar-refractivity contribution in [3.63, 3.8) is 0 Å². The van der Waals surface area contributed by atoms with Crippen LogP contribution in [-0.4, -0.2) is 27.7 Å². The topological polar surface area (TPSA) is 75.7 Å². The Labute approximate surface area is 159 Å². The SMILES string of the molecule is O=C1Oc2ccccc2C(=O)/C1=C\N1C(=O)/C(=C/c2ccccc2)NC1=S. The molecule has 6 nitrogen and oxygen atoms in total. The van der Waals surface area contributed by atoms with Crippen molar-refractivity contribution in [1.29, 1.82) is 0 Å². The van der Waals surface area contributed by atoms with Crippen LogP contribution in [0, 0.1) is 0 Å². The molecule has 0 atom stereocenters. The molecular weight excluding hydrogens is 364 g/mol. The Hall–Kier alpha value is -3.58. The van der Waals surface area contributed by atoms with Gasteiger partial charge in [-0.3, -0.25) is 14.5 Å². The van der Waals surface area contributed by atoms with E-state index in [9.17, 15) is 14.4 Å². The van der Waals surface area contributed by atoms with E-state index in [4.69, 9.17) is 17.0 Å². The molecule has 132 valence electrons. The minimum atomic E-state index is -0.824. The summed E-state index contributed by atoms with van der Waals surface area (Å²) in [4.78, 5) is 38.5. The van der Waals surface area contributed by atoms with E-state index < -0.39 is 17.7 Å². The summed E-state index contributed by atoms with van der Waals surface area (Å²) < 4.78 is 5.17. The smallest absolute Gasteiger partial charge is 0.349 e. The molecule has 0 aliphatic carbocycles. The van der Waals surface area contributed by atoms with Crippen LogP contribution in [0.25, 0.3) is 6.08 Å². The van der Waals surface area contributed by atoms with E-state index in [2.05, 4.69) is 5.32 Å². The van der Waals surface area contributed by atoms with Gasteiger partial charge in [0.1, 0.15) is 17.0 Å². The second kappa shape index (κ2) is 6.62. The molecule has 2 aromatic rings. The Morgan fingerprint density at radius 3 is 2.44 bits per heavy atom. The van der Waals surface area contributed by atoms with Gasteiger partial charge in [0.25, 0.3) is 5.91 Å². The van der Waals surface area contributed by atoms with E-state index in [1.807, 2.05) is 30.3 Å². The van der Waals surface area contributed by atoms with Crippen molar-refractivity contribution in [3.8, 4) is 5.75 Å². The Morgan fingerprint density at radius 2 is 1.67 bits per heavy atom. The molecule has 1 fully saturated rings. The van der Waals surface area contributed by atoms with Gasteiger partial charge in [-0.25, -0.2) is 4.79 Å². The molecule has 1 saturated heterocycles. The number of carbonyl (C=O) groups is 3. The van der Waals surface area contributed by atoms with Crippen LogP contribution >= 0.6 is 12.2 Å². The number of carbonyl (C=O) groups excluding carboxylic acids is 3. The fraction of sp³-hybridized carbons (Fsp3) is 0. The summed E-state index contributed by atoms with van der Waals surface area (Å²) in [5, 5.41) is 2.88. The molecule has 2 aliphatic heterocycles. The molecule has 2 heterocycles. The number of ether oxygens (including phenoxy) is 1. The standard InChI is InChI=1S/C20H12N2O4S/c23-17-13-8-4-5-9-16(13)26-19(25)14(17)11-22-18(24)15(21-20(22)27)10-12-6-2-1-3-7-12/h1-11H,(H,21,27)/b14-11+,15-10-. The Morgan fingerprint density at radius 1 is 0.963 bits per heavy atom. The Balaban J connectivity index is 1.67. The normalized spacial score (nSPS) is 19.3.